The number of nitrogens with zero attached hydrogens (tertiary/aromatic N) is 3. The lowest BCUT2D eigenvalue weighted by molar-refractivity contribution is 0.0574. The lowest BCUT2D eigenvalue weighted by atomic mass is 10.0. The predicted octanol–water partition coefficient (Wildman–Crippen LogP) is 3.07. The van der Waals surface area contributed by atoms with Gasteiger partial charge in [0.1, 0.15) is 0 Å². The van der Waals surface area contributed by atoms with E-state index in [0.29, 0.717) is 17.8 Å². The van der Waals surface area contributed by atoms with Crippen LogP contribution >= 0.6 is 0 Å². The minimum atomic E-state index is -3.76. The summed E-state index contributed by atoms with van der Waals surface area (Å²) in [6.07, 6.45) is 3.06. The summed E-state index contributed by atoms with van der Waals surface area (Å²) in [5.41, 5.74) is 0.990. The smallest absolute Gasteiger partial charge is 0.264 e. The topological polar surface area (TPSA) is 60.9 Å². The molecule has 1 atom stereocenters. The van der Waals surface area contributed by atoms with Gasteiger partial charge in [-0.15, -0.1) is 0 Å². The fourth-order valence-corrected chi connectivity index (χ4v) is 5.01. The Hall–Kier alpha value is -2.38. The Kier molecular flexibility index (Phi) is 6.59. The summed E-state index contributed by atoms with van der Waals surface area (Å²) in [7, 11) is 1.78. The van der Waals surface area contributed by atoms with Crippen LogP contribution in [0.25, 0.3) is 0 Å². The largest absolute Gasteiger partial charge is 0.334 e. The molecule has 2 aromatic rings. The number of likely N-dealkylation sites (N-methyl/N-ethyl adjacent to an activating group) is 1. The Labute approximate surface area is 173 Å². The van der Waals surface area contributed by atoms with E-state index in [2.05, 4.69) is 4.90 Å². The van der Waals surface area contributed by atoms with Crippen molar-refractivity contribution in [3.63, 3.8) is 0 Å². The molecule has 1 saturated heterocycles. The van der Waals surface area contributed by atoms with Crippen LogP contribution in [0.15, 0.2) is 59.5 Å². The number of hydrogen-bond donors (Lipinski definition) is 0. The molecular formula is C22H29N3O3S. The molecular weight excluding hydrogens is 386 g/mol. The summed E-state index contributed by atoms with van der Waals surface area (Å²) in [4.78, 5) is 17.3. The van der Waals surface area contributed by atoms with Crippen molar-refractivity contribution < 1.29 is 13.2 Å². The highest BCUT2D eigenvalue weighted by Crippen LogP contribution is 2.24. The van der Waals surface area contributed by atoms with E-state index in [1.807, 2.05) is 25.1 Å². The van der Waals surface area contributed by atoms with Gasteiger partial charge in [0, 0.05) is 31.7 Å². The van der Waals surface area contributed by atoms with Crippen LogP contribution in [-0.2, 0) is 10.0 Å². The van der Waals surface area contributed by atoms with E-state index < -0.39 is 10.0 Å². The summed E-state index contributed by atoms with van der Waals surface area (Å²) >= 11 is 0. The highest BCUT2D eigenvalue weighted by Gasteiger charge is 2.29. The van der Waals surface area contributed by atoms with Gasteiger partial charge in [-0.1, -0.05) is 24.3 Å². The van der Waals surface area contributed by atoms with Crippen LogP contribution in [0.2, 0.25) is 0 Å². The Bertz CT molecular complexity index is 945. The first-order chi connectivity index (χ1) is 13.8. The van der Waals surface area contributed by atoms with E-state index in [0.717, 1.165) is 25.8 Å². The maximum absolute atomic E-state index is 13.2. The number of para-hydroxylation sites is 1. The fourth-order valence-electron chi connectivity index (χ4n) is 3.77. The predicted molar refractivity (Wildman–Crippen MR) is 116 cm³/mol. The molecule has 0 bridgehead atoms. The van der Waals surface area contributed by atoms with Gasteiger partial charge in [0.25, 0.3) is 15.9 Å². The molecule has 2 aromatic carbocycles. The van der Waals surface area contributed by atoms with Crippen molar-refractivity contribution in [1.29, 1.82) is 0 Å². The number of amides is 1. The van der Waals surface area contributed by atoms with Crippen LogP contribution < -0.4 is 4.31 Å². The normalized spacial score (nSPS) is 17.4. The maximum atomic E-state index is 13.2. The van der Waals surface area contributed by atoms with Crippen molar-refractivity contribution in [2.45, 2.75) is 30.2 Å². The van der Waals surface area contributed by atoms with Crippen molar-refractivity contribution in [3.05, 3.63) is 60.2 Å². The first-order valence-electron chi connectivity index (χ1n) is 9.90. The Balaban J connectivity index is 1.87. The second-order valence-corrected chi connectivity index (χ2v) is 9.72. The van der Waals surface area contributed by atoms with Crippen molar-refractivity contribution >= 4 is 21.6 Å². The molecule has 0 aromatic heterocycles. The van der Waals surface area contributed by atoms with Gasteiger partial charge in [0.2, 0.25) is 0 Å². The highest BCUT2D eigenvalue weighted by molar-refractivity contribution is 7.92. The summed E-state index contributed by atoms with van der Waals surface area (Å²) < 4.78 is 27.4. The molecule has 1 aliphatic heterocycles. The molecule has 7 heteroatoms. The minimum absolute atomic E-state index is 0.101. The molecule has 0 N–H and O–H groups in total. The summed E-state index contributed by atoms with van der Waals surface area (Å²) in [6, 6.07) is 15.4. The van der Waals surface area contributed by atoms with Gasteiger partial charge in [-0.2, -0.15) is 0 Å². The highest BCUT2D eigenvalue weighted by atomic mass is 32.2. The number of piperidine rings is 1. The molecule has 156 valence electrons. The number of carbonyl (C=O) groups is 1. The standard InChI is InChI=1S/C22H29N3O3S/c1-23(2)17-20-13-7-8-15-25(20)22(26)18-10-9-14-21(16-18)29(27,28)24(3)19-11-5-4-6-12-19/h4-6,9-12,14,16,20H,7-8,13,15,17H2,1-3H3/t20-/m0/s1. The number of rotatable bonds is 6. The zero-order valence-electron chi connectivity index (χ0n) is 17.3. The number of hydrogen-bond acceptors (Lipinski definition) is 4. The number of anilines is 1. The molecule has 0 spiro atoms. The Morgan fingerprint density at radius 1 is 1.03 bits per heavy atom. The van der Waals surface area contributed by atoms with Gasteiger partial charge >= 0.3 is 0 Å². The maximum Gasteiger partial charge on any atom is 0.264 e. The van der Waals surface area contributed by atoms with Gasteiger partial charge in [-0.3, -0.25) is 9.10 Å². The zero-order chi connectivity index (χ0) is 21.0. The SMILES string of the molecule is CN(C)C[C@@H]1CCCCN1C(=O)c1cccc(S(=O)(=O)N(C)c2ccccc2)c1. The molecule has 3 rings (SSSR count). The van der Waals surface area contributed by atoms with E-state index in [9.17, 15) is 13.2 Å². The van der Waals surface area contributed by atoms with E-state index in [1.54, 1.807) is 42.5 Å². The van der Waals surface area contributed by atoms with Crippen LogP contribution in [0.4, 0.5) is 5.69 Å². The average molecular weight is 416 g/mol. The number of sulfonamides is 1. The second kappa shape index (κ2) is 8.97. The minimum Gasteiger partial charge on any atom is -0.334 e. The average Bonchev–Trinajstić information content (AvgIpc) is 2.73. The van der Waals surface area contributed by atoms with Crippen LogP contribution in [0.3, 0.4) is 0 Å². The number of benzene rings is 2. The van der Waals surface area contributed by atoms with Crippen LogP contribution in [0, 0.1) is 0 Å². The third-order valence-electron chi connectivity index (χ3n) is 5.32. The molecule has 0 aliphatic carbocycles. The lowest BCUT2D eigenvalue weighted by Crippen LogP contribution is -2.48. The van der Waals surface area contributed by atoms with Gasteiger partial charge in [0.15, 0.2) is 0 Å². The first kappa shape index (κ1) is 21.3. The molecule has 1 amide bonds. The molecule has 0 radical (unpaired) electrons. The van der Waals surface area contributed by atoms with E-state index in [-0.39, 0.29) is 16.8 Å². The summed E-state index contributed by atoms with van der Waals surface area (Å²) in [5, 5.41) is 0. The van der Waals surface area contributed by atoms with Crippen molar-refractivity contribution in [2.24, 2.45) is 0 Å². The van der Waals surface area contributed by atoms with E-state index in [4.69, 9.17) is 0 Å². The molecule has 6 nitrogen and oxygen atoms in total. The molecule has 1 heterocycles. The molecule has 0 unspecified atom stereocenters. The van der Waals surface area contributed by atoms with Gasteiger partial charge < -0.3 is 9.80 Å². The molecule has 1 fully saturated rings. The van der Waals surface area contributed by atoms with Crippen LogP contribution in [-0.4, -0.2) is 64.4 Å². The Morgan fingerprint density at radius 3 is 2.45 bits per heavy atom. The number of carbonyl (C=O) groups excluding carboxylic acids is 1. The number of likely N-dealkylation sites (tertiary alicyclic amines) is 1. The zero-order valence-corrected chi connectivity index (χ0v) is 18.1. The molecule has 0 saturated carbocycles. The second-order valence-electron chi connectivity index (χ2n) is 7.75. The van der Waals surface area contributed by atoms with Gasteiger partial charge in [0.05, 0.1) is 10.6 Å². The first-order valence-corrected chi connectivity index (χ1v) is 11.3. The van der Waals surface area contributed by atoms with Crippen molar-refractivity contribution in [2.75, 3.05) is 38.5 Å². The lowest BCUT2D eigenvalue weighted by Gasteiger charge is -2.37. The third kappa shape index (κ3) is 4.79. The fraction of sp³-hybridized carbons (Fsp3) is 0.409. The van der Waals surface area contributed by atoms with Gasteiger partial charge in [-0.05, 0) is 63.7 Å². The van der Waals surface area contributed by atoms with Crippen molar-refractivity contribution in [1.82, 2.24) is 9.80 Å². The van der Waals surface area contributed by atoms with Crippen molar-refractivity contribution in [3.8, 4) is 0 Å². The van der Waals surface area contributed by atoms with E-state index >= 15 is 0 Å². The summed E-state index contributed by atoms with van der Waals surface area (Å²) in [6.45, 7) is 1.51. The van der Waals surface area contributed by atoms with E-state index in [1.165, 1.54) is 17.4 Å². The molecule has 29 heavy (non-hydrogen) atoms. The third-order valence-corrected chi connectivity index (χ3v) is 7.10. The van der Waals surface area contributed by atoms with Crippen LogP contribution in [0.5, 0.6) is 0 Å². The Morgan fingerprint density at radius 2 is 1.76 bits per heavy atom. The van der Waals surface area contributed by atoms with Crippen LogP contribution in [0.1, 0.15) is 29.6 Å². The monoisotopic (exact) mass is 415 g/mol. The quantitative estimate of drug-likeness (QED) is 0.728. The van der Waals surface area contributed by atoms with Gasteiger partial charge in [-0.25, -0.2) is 8.42 Å². The molecule has 1 aliphatic rings. The summed E-state index contributed by atoms with van der Waals surface area (Å²) in [5.74, 6) is -0.101.